The zero-order chi connectivity index (χ0) is 16.4. The molecule has 24 heavy (non-hydrogen) atoms. The summed E-state index contributed by atoms with van der Waals surface area (Å²) in [5.41, 5.74) is 1.08. The third-order valence-corrected chi connectivity index (χ3v) is 4.84. The second-order valence-electron chi connectivity index (χ2n) is 6.54. The lowest BCUT2D eigenvalue weighted by atomic mass is 10.1. The number of hydrogen-bond acceptors (Lipinski definition) is 5. The van der Waals surface area contributed by atoms with Gasteiger partial charge in [-0.3, -0.25) is 9.48 Å². The fourth-order valence-electron chi connectivity index (χ4n) is 3.67. The first-order valence-corrected chi connectivity index (χ1v) is 8.62. The molecule has 0 aliphatic carbocycles. The Balaban J connectivity index is 1.53. The molecule has 4 rings (SSSR count). The Morgan fingerprint density at radius 3 is 2.71 bits per heavy atom. The van der Waals surface area contributed by atoms with E-state index < -0.39 is 0 Å². The third-order valence-electron chi connectivity index (χ3n) is 4.84. The Morgan fingerprint density at radius 1 is 1.12 bits per heavy atom. The Hall–Kier alpha value is -2.28. The number of likely N-dealkylation sites (tertiary alicyclic amines) is 1. The molecule has 2 aromatic rings. The van der Waals surface area contributed by atoms with Crippen LogP contribution >= 0.6 is 0 Å². The fourth-order valence-corrected chi connectivity index (χ4v) is 3.67. The van der Waals surface area contributed by atoms with Crippen LogP contribution in [0.25, 0.3) is 0 Å². The lowest BCUT2D eigenvalue weighted by Gasteiger charge is -2.37. The largest absolute Gasteiger partial charge is 0.328 e. The summed E-state index contributed by atoms with van der Waals surface area (Å²) in [6.07, 6.45) is 8.90. The van der Waals surface area contributed by atoms with Crippen molar-refractivity contribution in [2.45, 2.75) is 31.8 Å². The minimum absolute atomic E-state index is 0.105. The highest BCUT2D eigenvalue weighted by molar-refractivity contribution is 5.90. The maximum Gasteiger partial charge on any atom is 0.292 e. The van der Waals surface area contributed by atoms with Gasteiger partial charge >= 0.3 is 0 Å². The Morgan fingerprint density at radius 2 is 1.92 bits per heavy atom. The van der Waals surface area contributed by atoms with Crippen LogP contribution in [0.15, 0.2) is 30.7 Å². The Bertz CT molecular complexity index is 694. The van der Waals surface area contributed by atoms with Crippen LogP contribution in [-0.4, -0.2) is 61.6 Å². The standard InChI is InChI=1S/C17H22N6O/c24-17(16-18-6-4-7-19-16)22-12-14-5-8-20-23(14)15(13-22)11-21-9-2-1-3-10-21/h4-8,15H,1-3,9-13H2/t15-/m0/s1. The summed E-state index contributed by atoms with van der Waals surface area (Å²) in [5.74, 6) is 0.161. The first-order valence-electron chi connectivity index (χ1n) is 8.62. The van der Waals surface area contributed by atoms with Crippen molar-refractivity contribution in [3.8, 4) is 0 Å². The zero-order valence-corrected chi connectivity index (χ0v) is 13.7. The molecule has 1 amide bonds. The van der Waals surface area contributed by atoms with Gasteiger partial charge in [0.25, 0.3) is 5.91 Å². The van der Waals surface area contributed by atoms with E-state index in [1.165, 1.54) is 19.3 Å². The molecule has 1 saturated heterocycles. The molecule has 0 unspecified atom stereocenters. The molecule has 2 aliphatic rings. The lowest BCUT2D eigenvalue weighted by molar-refractivity contribution is 0.0619. The molecule has 0 aromatic carbocycles. The van der Waals surface area contributed by atoms with E-state index in [2.05, 4.69) is 24.6 Å². The van der Waals surface area contributed by atoms with Crippen molar-refractivity contribution in [1.82, 2.24) is 29.5 Å². The SMILES string of the molecule is O=C(c1ncccn1)N1Cc2ccnn2[C@@H](CN2CCCCC2)C1. The fraction of sp³-hybridized carbons (Fsp3) is 0.529. The molecule has 0 saturated carbocycles. The third kappa shape index (κ3) is 3.03. The van der Waals surface area contributed by atoms with Gasteiger partial charge in [-0.15, -0.1) is 0 Å². The van der Waals surface area contributed by atoms with Crippen LogP contribution in [0.5, 0.6) is 0 Å². The first kappa shape index (κ1) is 15.3. The van der Waals surface area contributed by atoms with Crippen LogP contribution in [0.2, 0.25) is 0 Å². The average molecular weight is 326 g/mol. The Labute approximate surface area is 141 Å². The molecule has 0 N–H and O–H groups in total. The highest BCUT2D eigenvalue weighted by Crippen LogP contribution is 2.23. The predicted octanol–water partition coefficient (Wildman–Crippen LogP) is 1.36. The van der Waals surface area contributed by atoms with Crippen LogP contribution in [0.4, 0.5) is 0 Å². The molecule has 2 aromatic heterocycles. The van der Waals surface area contributed by atoms with Crippen molar-refractivity contribution >= 4 is 5.91 Å². The van der Waals surface area contributed by atoms with E-state index in [1.54, 1.807) is 18.5 Å². The summed E-state index contributed by atoms with van der Waals surface area (Å²) in [5, 5.41) is 4.49. The molecule has 7 nitrogen and oxygen atoms in total. The van der Waals surface area contributed by atoms with E-state index in [0.717, 1.165) is 25.3 Å². The first-order chi connectivity index (χ1) is 11.8. The number of hydrogen-bond donors (Lipinski definition) is 0. The molecule has 4 heterocycles. The number of aromatic nitrogens is 4. The number of piperidine rings is 1. The van der Waals surface area contributed by atoms with Crippen molar-refractivity contribution in [2.24, 2.45) is 0 Å². The van der Waals surface area contributed by atoms with E-state index in [4.69, 9.17) is 0 Å². The minimum Gasteiger partial charge on any atom is -0.328 e. The van der Waals surface area contributed by atoms with Crippen LogP contribution < -0.4 is 0 Å². The second kappa shape index (κ2) is 6.68. The van der Waals surface area contributed by atoms with E-state index in [1.807, 2.05) is 17.2 Å². The van der Waals surface area contributed by atoms with Crippen LogP contribution in [-0.2, 0) is 6.54 Å². The topological polar surface area (TPSA) is 67.2 Å². The molecular formula is C17H22N6O. The quantitative estimate of drug-likeness (QED) is 0.852. The van der Waals surface area contributed by atoms with E-state index in [0.29, 0.717) is 13.1 Å². The summed E-state index contributed by atoms with van der Waals surface area (Å²) in [4.78, 5) is 25.3. The van der Waals surface area contributed by atoms with Gasteiger partial charge in [0.1, 0.15) is 0 Å². The monoisotopic (exact) mass is 326 g/mol. The number of nitrogens with zero attached hydrogens (tertiary/aromatic N) is 6. The highest BCUT2D eigenvalue weighted by Gasteiger charge is 2.31. The molecule has 7 heteroatoms. The van der Waals surface area contributed by atoms with Crippen LogP contribution in [0, 0.1) is 0 Å². The maximum atomic E-state index is 12.7. The average Bonchev–Trinajstić information content (AvgIpc) is 3.11. The van der Waals surface area contributed by atoms with Gasteiger partial charge in [-0.2, -0.15) is 5.10 Å². The van der Waals surface area contributed by atoms with Gasteiger partial charge in [0.15, 0.2) is 0 Å². The Kier molecular flexibility index (Phi) is 4.25. The van der Waals surface area contributed by atoms with Crippen molar-refractivity contribution in [3.63, 3.8) is 0 Å². The van der Waals surface area contributed by atoms with Crippen molar-refractivity contribution in [2.75, 3.05) is 26.2 Å². The number of amides is 1. The number of rotatable bonds is 3. The van der Waals surface area contributed by atoms with Crippen molar-refractivity contribution < 1.29 is 4.79 Å². The van der Waals surface area contributed by atoms with Crippen molar-refractivity contribution in [1.29, 1.82) is 0 Å². The van der Waals surface area contributed by atoms with Gasteiger partial charge in [0.05, 0.1) is 18.3 Å². The van der Waals surface area contributed by atoms with Gasteiger partial charge in [0, 0.05) is 31.7 Å². The van der Waals surface area contributed by atoms with Crippen LogP contribution in [0.3, 0.4) is 0 Å². The smallest absolute Gasteiger partial charge is 0.292 e. The summed E-state index contributed by atoms with van der Waals surface area (Å²) in [7, 11) is 0. The number of carbonyl (C=O) groups is 1. The van der Waals surface area contributed by atoms with E-state index >= 15 is 0 Å². The maximum absolute atomic E-state index is 12.7. The minimum atomic E-state index is -0.105. The highest BCUT2D eigenvalue weighted by atomic mass is 16.2. The van der Waals surface area contributed by atoms with Gasteiger partial charge < -0.3 is 9.80 Å². The summed E-state index contributed by atoms with van der Waals surface area (Å²) >= 11 is 0. The molecule has 126 valence electrons. The molecule has 0 bridgehead atoms. The van der Waals surface area contributed by atoms with Gasteiger partial charge in [-0.25, -0.2) is 9.97 Å². The molecule has 1 atom stereocenters. The molecular weight excluding hydrogens is 304 g/mol. The van der Waals surface area contributed by atoms with Gasteiger partial charge in [-0.1, -0.05) is 6.42 Å². The predicted molar refractivity (Wildman–Crippen MR) is 88.3 cm³/mol. The lowest BCUT2D eigenvalue weighted by Crippen LogP contribution is -2.46. The van der Waals surface area contributed by atoms with Crippen molar-refractivity contribution in [3.05, 3.63) is 42.2 Å². The van der Waals surface area contributed by atoms with Gasteiger partial charge in [0.2, 0.25) is 5.82 Å². The normalized spacial score (nSPS) is 21.5. The zero-order valence-electron chi connectivity index (χ0n) is 13.7. The number of fused-ring (bicyclic) bond motifs is 1. The summed E-state index contributed by atoms with van der Waals surface area (Å²) < 4.78 is 2.09. The molecule has 2 aliphatic heterocycles. The van der Waals surface area contributed by atoms with Gasteiger partial charge in [-0.05, 0) is 38.1 Å². The molecule has 0 radical (unpaired) electrons. The molecule has 0 spiro atoms. The second-order valence-corrected chi connectivity index (χ2v) is 6.54. The van der Waals surface area contributed by atoms with E-state index in [9.17, 15) is 4.79 Å². The summed E-state index contributed by atoms with van der Waals surface area (Å²) in [6.45, 7) is 4.44. The van der Waals surface area contributed by atoms with Crippen LogP contribution in [0.1, 0.15) is 41.6 Å². The number of carbonyl (C=O) groups excluding carboxylic acids is 1. The summed E-state index contributed by atoms with van der Waals surface area (Å²) in [6, 6.07) is 3.91. The molecule has 1 fully saturated rings. The van der Waals surface area contributed by atoms with E-state index in [-0.39, 0.29) is 17.8 Å².